The van der Waals surface area contributed by atoms with Gasteiger partial charge in [0.05, 0.1) is 30.9 Å². The number of fused-ring (bicyclic) bond motifs is 1. The molecule has 3 rings (SSSR count). The molecular formula is C19H17NO4S. The fraction of sp³-hybridized carbons (Fsp3) is 0.158. The average Bonchev–Trinajstić information content (AvgIpc) is 3.05. The number of benzene rings is 2. The molecule has 0 unspecified atom stereocenters. The van der Waals surface area contributed by atoms with E-state index >= 15 is 0 Å². The number of hydrogen-bond acceptors (Lipinski definition) is 5. The highest BCUT2D eigenvalue weighted by atomic mass is 32.1. The molecule has 6 heteroatoms. The molecule has 0 radical (unpaired) electrons. The number of aromatic nitrogens is 1. The Labute approximate surface area is 149 Å². The lowest BCUT2D eigenvalue weighted by Crippen LogP contribution is -1.97. The van der Waals surface area contributed by atoms with E-state index in [-0.39, 0.29) is 6.42 Å². The second-order valence-corrected chi connectivity index (χ2v) is 6.37. The number of hydrogen-bond donors (Lipinski definition) is 1. The van der Waals surface area contributed by atoms with Crippen LogP contribution in [0.25, 0.3) is 21.9 Å². The Balaban J connectivity index is 2.09. The van der Waals surface area contributed by atoms with Crippen molar-refractivity contribution in [2.75, 3.05) is 14.2 Å². The number of carboxylic acids is 1. The number of rotatable bonds is 6. The summed E-state index contributed by atoms with van der Waals surface area (Å²) in [6.07, 6.45) is 1.69. The Bertz CT molecular complexity index is 913. The van der Waals surface area contributed by atoms with Gasteiger partial charge in [0, 0.05) is 11.6 Å². The van der Waals surface area contributed by atoms with E-state index < -0.39 is 5.97 Å². The lowest BCUT2D eigenvalue weighted by molar-refractivity contribution is -0.135. The van der Waals surface area contributed by atoms with Gasteiger partial charge in [-0.1, -0.05) is 12.1 Å². The summed E-state index contributed by atoms with van der Waals surface area (Å²) in [5.74, 6) is 0.384. The maximum atomic E-state index is 11.3. The molecule has 0 aliphatic heterocycles. The normalized spacial score (nSPS) is 11.5. The zero-order chi connectivity index (χ0) is 17.8. The SMILES string of the molecule is COc1ccc(/C=C(\CC(=O)O)c2nc3ccccc3s2)c(OC)c1. The van der Waals surface area contributed by atoms with Crippen LogP contribution in [0.3, 0.4) is 0 Å². The summed E-state index contributed by atoms with van der Waals surface area (Å²) in [4.78, 5) is 15.9. The first-order chi connectivity index (χ1) is 12.1. The topological polar surface area (TPSA) is 68.7 Å². The lowest BCUT2D eigenvalue weighted by atomic mass is 10.1. The molecule has 0 saturated heterocycles. The minimum absolute atomic E-state index is 0.116. The Hall–Kier alpha value is -2.86. The first-order valence-corrected chi connectivity index (χ1v) is 8.42. The fourth-order valence-electron chi connectivity index (χ4n) is 2.49. The molecule has 2 aromatic carbocycles. The van der Waals surface area contributed by atoms with Gasteiger partial charge in [-0.25, -0.2) is 4.98 Å². The summed E-state index contributed by atoms with van der Waals surface area (Å²) in [5, 5.41) is 9.99. The Morgan fingerprint density at radius 3 is 2.68 bits per heavy atom. The molecule has 0 atom stereocenters. The summed E-state index contributed by atoms with van der Waals surface area (Å²) >= 11 is 1.48. The minimum atomic E-state index is -0.905. The van der Waals surface area contributed by atoms with E-state index in [9.17, 15) is 9.90 Å². The number of carbonyl (C=O) groups is 1. The van der Waals surface area contributed by atoms with E-state index in [1.165, 1.54) is 11.3 Å². The van der Waals surface area contributed by atoms with Gasteiger partial charge >= 0.3 is 5.97 Å². The number of ether oxygens (including phenoxy) is 2. The maximum absolute atomic E-state index is 11.3. The molecule has 128 valence electrons. The summed E-state index contributed by atoms with van der Waals surface area (Å²) in [6.45, 7) is 0. The second-order valence-electron chi connectivity index (χ2n) is 5.33. The molecule has 0 saturated carbocycles. The summed E-state index contributed by atoms with van der Waals surface area (Å²) in [5.41, 5.74) is 2.27. The summed E-state index contributed by atoms with van der Waals surface area (Å²) in [7, 11) is 3.15. The third-order valence-electron chi connectivity index (χ3n) is 3.68. The third-order valence-corrected chi connectivity index (χ3v) is 4.79. The van der Waals surface area contributed by atoms with E-state index in [0.717, 1.165) is 15.8 Å². The van der Waals surface area contributed by atoms with Crippen molar-refractivity contribution in [1.29, 1.82) is 0 Å². The number of nitrogens with zero attached hydrogens (tertiary/aromatic N) is 1. The van der Waals surface area contributed by atoms with Crippen LogP contribution in [-0.4, -0.2) is 30.3 Å². The van der Waals surface area contributed by atoms with Crippen LogP contribution in [0.1, 0.15) is 17.0 Å². The van der Waals surface area contributed by atoms with Gasteiger partial charge in [0.2, 0.25) is 0 Å². The minimum Gasteiger partial charge on any atom is -0.497 e. The van der Waals surface area contributed by atoms with Crippen LogP contribution in [0.15, 0.2) is 42.5 Å². The predicted molar refractivity (Wildman–Crippen MR) is 99.3 cm³/mol. The van der Waals surface area contributed by atoms with Crippen molar-refractivity contribution in [3.8, 4) is 11.5 Å². The standard InChI is InChI=1S/C19H17NO4S/c1-23-14-8-7-12(16(11-14)24-2)9-13(10-18(21)22)19-20-15-5-3-4-6-17(15)25-19/h3-9,11H,10H2,1-2H3,(H,21,22)/b13-9+. The van der Waals surface area contributed by atoms with Crippen LogP contribution in [0.2, 0.25) is 0 Å². The molecule has 0 fully saturated rings. The first kappa shape index (κ1) is 17.0. The highest BCUT2D eigenvalue weighted by Gasteiger charge is 2.14. The lowest BCUT2D eigenvalue weighted by Gasteiger charge is -2.09. The van der Waals surface area contributed by atoms with Crippen LogP contribution < -0.4 is 9.47 Å². The molecule has 1 aromatic heterocycles. The predicted octanol–water partition coefficient (Wildman–Crippen LogP) is 4.33. The van der Waals surface area contributed by atoms with Crippen molar-refractivity contribution in [3.63, 3.8) is 0 Å². The molecule has 0 aliphatic carbocycles. The number of aliphatic carboxylic acids is 1. The summed E-state index contributed by atoms with van der Waals surface area (Å²) in [6, 6.07) is 13.2. The first-order valence-electron chi connectivity index (χ1n) is 7.61. The van der Waals surface area contributed by atoms with Crippen LogP contribution in [0, 0.1) is 0 Å². The molecule has 1 heterocycles. The van der Waals surface area contributed by atoms with E-state index in [1.807, 2.05) is 42.5 Å². The van der Waals surface area contributed by atoms with Crippen molar-refractivity contribution in [2.24, 2.45) is 0 Å². The molecular weight excluding hydrogens is 338 g/mol. The summed E-state index contributed by atoms with van der Waals surface area (Å²) < 4.78 is 11.6. The van der Waals surface area contributed by atoms with Crippen LogP contribution in [-0.2, 0) is 4.79 Å². The molecule has 0 spiro atoms. The van der Waals surface area contributed by atoms with Crippen molar-refractivity contribution >= 4 is 39.2 Å². The second kappa shape index (κ2) is 7.36. The molecule has 0 bridgehead atoms. The van der Waals surface area contributed by atoms with Crippen molar-refractivity contribution in [1.82, 2.24) is 4.98 Å². The largest absolute Gasteiger partial charge is 0.497 e. The number of carboxylic acid groups (broad SMARTS) is 1. The van der Waals surface area contributed by atoms with Gasteiger partial charge in [-0.15, -0.1) is 11.3 Å². The van der Waals surface area contributed by atoms with E-state index in [4.69, 9.17) is 9.47 Å². The Morgan fingerprint density at radius 1 is 1.20 bits per heavy atom. The van der Waals surface area contributed by atoms with Gasteiger partial charge in [-0.05, 0) is 35.9 Å². The quantitative estimate of drug-likeness (QED) is 0.713. The molecule has 3 aromatic rings. The van der Waals surface area contributed by atoms with Crippen molar-refractivity contribution in [2.45, 2.75) is 6.42 Å². The van der Waals surface area contributed by atoms with Gasteiger partial charge in [0.25, 0.3) is 0 Å². The van der Waals surface area contributed by atoms with E-state index in [2.05, 4.69) is 4.98 Å². The molecule has 25 heavy (non-hydrogen) atoms. The van der Waals surface area contributed by atoms with Crippen molar-refractivity contribution in [3.05, 3.63) is 53.0 Å². The zero-order valence-electron chi connectivity index (χ0n) is 13.9. The van der Waals surface area contributed by atoms with Crippen LogP contribution in [0.4, 0.5) is 0 Å². The fourth-order valence-corrected chi connectivity index (χ4v) is 3.47. The van der Waals surface area contributed by atoms with Gasteiger partial charge in [0.15, 0.2) is 0 Å². The molecule has 0 aliphatic rings. The Morgan fingerprint density at radius 2 is 2.00 bits per heavy atom. The monoisotopic (exact) mass is 355 g/mol. The molecule has 0 amide bonds. The highest BCUT2D eigenvalue weighted by molar-refractivity contribution is 7.19. The van der Waals surface area contributed by atoms with Gasteiger partial charge < -0.3 is 14.6 Å². The van der Waals surface area contributed by atoms with Crippen LogP contribution >= 0.6 is 11.3 Å². The van der Waals surface area contributed by atoms with Gasteiger partial charge in [-0.3, -0.25) is 4.79 Å². The number of methoxy groups -OCH3 is 2. The highest BCUT2D eigenvalue weighted by Crippen LogP contribution is 2.33. The van der Waals surface area contributed by atoms with Gasteiger partial charge in [-0.2, -0.15) is 0 Å². The Kier molecular flexibility index (Phi) is 5.00. The third kappa shape index (κ3) is 3.80. The number of thiazole rings is 1. The zero-order valence-corrected chi connectivity index (χ0v) is 14.7. The molecule has 5 nitrogen and oxygen atoms in total. The number of para-hydroxylation sites is 1. The van der Waals surface area contributed by atoms with Gasteiger partial charge in [0.1, 0.15) is 16.5 Å². The average molecular weight is 355 g/mol. The van der Waals surface area contributed by atoms with Crippen LogP contribution in [0.5, 0.6) is 11.5 Å². The van der Waals surface area contributed by atoms with Crippen molar-refractivity contribution < 1.29 is 19.4 Å². The smallest absolute Gasteiger partial charge is 0.307 e. The maximum Gasteiger partial charge on any atom is 0.307 e. The molecule has 1 N–H and O–H groups in total. The van der Waals surface area contributed by atoms with E-state index in [0.29, 0.717) is 22.1 Å². The van der Waals surface area contributed by atoms with E-state index in [1.54, 1.807) is 20.3 Å².